The normalized spacial score (nSPS) is 13.0. The lowest BCUT2D eigenvalue weighted by atomic mass is 10.0. The van der Waals surface area contributed by atoms with Gasteiger partial charge in [0.05, 0.1) is 26.7 Å². The highest BCUT2D eigenvalue weighted by Crippen LogP contribution is 2.20. The predicted octanol–water partition coefficient (Wildman–Crippen LogP) is 5.14. The van der Waals surface area contributed by atoms with Crippen molar-refractivity contribution in [3.05, 3.63) is 192 Å². The van der Waals surface area contributed by atoms with Gasteiger partial charge in [-0.15, -0.1) is 0 Å². The smallest absolute Gasteiger partial charge is 0.408 e. The van der Waals surface area contributed by atoms with Gasteiger partial charge in [0, 0.05) is 48.3 Å². The maximum atomic E-state index is 14.8. The summed E-state index contributed by atoms with van der Waals surface area (Å²) in [4.78, 5) is 93.7. The van der Waals surface area contributed by atoms with Gasteiger partial charge in [0.2, 0.25) is 23.6 Å². The number of amides is 5. The van der Waals surface area contributed by atoms with E-state index in [4.69, 9.17) is 18.9 Å². The molecule has 7 rings (SSSR count). The molecule has 18 nitrogen and oxygen atoms in total. The fraction of sp³-hybridized carbons (Fsp3) is 0.255. The Morgan fingerprint density at radius 3 is 1.73 bits per heavy atom. The van der Waals surface area contributed by atoms with Crippen LogP contribution in [0, 0.1) is 0 Å². The number of fused-ring (bicyclic) bond motifs is 1. The molecule has 0 saturated carbocycles. The molecule has 0 bridgehead atoms. The summed E-state index contributed by atoms with van der Waals surface area (Å²) >= 11 is 0. The van der Waals surface area contributed by atoms with E-state index in [1.54, 1.807) is 54.7 Å². The summed E-state index contributed by atoms with van der Waals surface area (Å²) in [5.41, 5.74) is 5.12. The number of aromatic amines is 2. The number of hydrogen-bond acceptors (Lipinski definition) is 11. The molecule has 5 aromatic carbocycles. The van der Waals surface area contributed by atoms with Gasteiger partial charge in [-0.2, -0.15) is 0 Å². The molecule has 5 atom stereocenters. The lowest BCUT2D eigenvalue weighted by molar-refractivity contribution is -0.145. The number of para-hydroxylation sites is 1. The van der Waals surface area contributed by atoms with E-state index in [0.717, 1.165) is 27.6 Å². The number of nitrogens with zero attached hydrogens (tertiary/aromatic N) is 1. The van der Waals surface area contributed by atoms with Gasteiger partial charge < -0.3 is 55.5 Å². The van der Waals surface area contributed by atoms with Gasteiger partial charge >= 0.3 is 12.1 Å². The highest BCUT2D eigenvalue weighted by Gasteiger charge is 2.33. The average Bonchev–Trinajstić information content (AvgIpc) is 4.09. The van der Waals surface area contributed by atoms with Crippen LogP contribution in [-0.4, -0.2) is 94.6 Å². The minimum Gasteiger partial charge on any atom is -0.489 e. The summed E-state index contributed by atoms with van der Waals surface area (Å²) in [6.45, 7) is 1.42. The van der Waals surface area contributed by atoms with Crippen LogP contribution in [0.4, 0.5) is 4.79 Å². The number of carbonyl (C=O) groups excluding carboxylic acids is 6. The second kappa shape index (κ2) is 26.4. The average molecular weight is 991 g/mol. The number of hydrogen-bond donors (Lipinski definition) is 7. The largest absolute Gasteiger partial charge is 0.489 e. The van der Waals surface area contributed by atoms with Crippen molar-refractivity contribution in [2.75, 3.05) is 13.7 Å². The maximum Gasteiger partial charge on any atom is 0.408 e. The minimum atomic E-state index is -1.44. The van der Waals surface area contributed by atoms with Crippen LogP contribution < -0.4 is 31.3 Å². The van der Waals surface area contributed by atoms with E-state index >= 15 is 0 Å². The van der Waals surface area contributed by atoms with E-state index in [9.17, 15) is 28.8 Å². The topological polar surface area (TPSA) is 244 Å². The number of nitrogens with one attached hydrogen (secondary N) is 7. The second-order valence-corrected chi connectivity index (χ2v) is 17.2. The van der Waals surface area contributed by atoms with Gasteiger partial charge in [0.25, 0.3) is 0 Å². The SMILES string of the molecule is COC(=O)[C@@H](C)NC(=O)[C@H](Cc1c[nH]c2ccccc12)NC(=O)[C@H](COCc1ccccc1)NC(=O)[C@H](Cc1ccc(OCc2ccccc2)cc1)NC(=O)[C@H](Cc1cnc[nH]1)NC(=O)OCc1ccccc1. The quantitative estimate of drug-likeness (QED) is 0.0370. The standard InChI is InChI=1S/C55H58N8O10/c1-36(54(68)70-2)59-50(64)47(27-41-29-57-45-21-13-12-20-44(41)45)61-53(67)49(34-71-31-38-14-6-3-7-15-38)62-51(65)46(26-37-22-24-43(25-23-37)72-32-39-16-8-4-9-17-39)60-52(66)48(28-42-30-56-35-58-42)63-55(69)73-33-40-18-10-5-11-19-40/h3-25,29-30,35-36,46-49,57H,26-28,31-34H2,1-2H3,(H,56,58)(H,59,64)(H,60,66)(H,61,67)(H,62,65)(H,63,69)/t36-,46+,47+,48+,49+/m1/s1. The Morgan fingerprint density at radius 2 is 1.10 bits per heavy atom. The van der Waals surface area contributed by atoms with E-state index in [1.165, 1.54) is 26.6 Å². The molecule has 0 aliphatic rings. The van der Waals surface area contributed by atoms with E-state index in [1.807, 2.05) is 91.0 Å². The van der Waals surface area contributed by atoms with Gasteiger partial charge in [-0.1, -0.05) is 121 Å². The number of alkyl carbamates (subject to hydrolysis) is 1. The molecular weight excluding hydrogens is 933 g/mol. The van der Waals surface area contributed by atoms with E-state index in [2.05, 4.69) is 41.5 Å². The van der Waals surface area contributed by atoms with Crippen LogP contribution in [0.1, 0.15) is 40.4 Å². The first-order valence-corrected chi connectivity index (χ1v) is 23.7. The van der Waals surface area contributed by atoms with Gasteiger partial charge in [0.1, 0.15) is 49.2 Å². The Morgan fingerprint density at radius 1 is 0.548 bits per heavy atom. The number of H-pyrrole nitrogens is 2. The summed E-state index contributed by atoms with van der Waals surface area (Å²) < 4.78 is 22.3. The number of carbonyl (C=O) groups is 6. The van der Waals surface area contributed by atoms with Gasteiger partial charge in [-0.05, 0) is 52.9 Å². The van der Waals surface area contributed by atoms with Crippen molar-refractivity contribution in [2.45, 2.75) is 76.2 Å². The third kappa shape index (κ3) is 15.9. The number of esters is 1. The number of ether oxygens (including phenoxy) is 4. The molecule has 18 heteroatoms. The van der Waals surface area contributed by atoms with Gasteiger partial charge in [-0.3, -0.25) is 19.2 Å². The van der Waals surface area contributed by atoms with Crippen molar-refractivity contribution < 1.29 is 47.7 Å². The summed E-state index contributed by atoms with van der Waals surface area (Å²) in [7, 11) is 1.20. The highest BCUT2D eigenvalue weighted by molar-refractivity contribution is 5.96. The summed E-state index contributed by atoms with van der Waals surface area (Å²) in [5.74, 6) is -3.15. The Bertz CT molecular complexity index is 2880. The molecule has 0 fully saturated rings. The molecule has 7 aromatic rings. The monoisotopic (exact) mass is 990 g/mol. The predicted molar refractivity (Wildman–Crippen MR) is 270 cm³/mol. The van der Waals surface area contributed by atoms with Crippen molar-refractivity contribution in [1.29, 1.82) is 0 Å². The molecule has 2 heterocycles. The van der Waals surface area contributed by atoms with Crippen LogP contribution in [0.3, 0.4) is 0 Å². The van der Waals surface area contributed by atoms with E-state index in [-0.39, 0.29) is 39.1 Å². The first kappa shape index (κ1) is 52.1. The number of rotatable bonds is 25. The molecule has 0 aliphatic carbocycles. The lowest BCUT2D eigenvalue weighted by Crippen LogP contribution is -2.60. The Kier molecular flexibility index (Phi) is 18.9. The fourth-order valence-electron chi connectivity index (χ4n) is 7.79. The number of benzene rings is 5. The van der Waals surface area contributed by atoms with Gasteiger partial charge in [-0.25, -0.2) is 14.6 Å². The molecule has 0 radical (unpaired) electrons. The molecular formula is C55H58N8O10. The second-order valence-electron chi connectivity index (χ2n) is 17.2. The van der Waals surface area contributed by atoms with Crippen molar-refractivity contribution >= 4 is 46.6 Å². The van der Waals surface area contributed by atoms with Crippen LogP contribution in [0.15, 0.2) is 158 Å². The number of imidazole rings is 1. The molecule has 73 heavy (non-hydrogen) atoms. The Hall–Kier alpha value is -8.77. The molecule has 5 amide bonds. The van der Waals surface area contributed by atoms with Crippen LogP contribution in [0.2, 0.25) is 0 Å². The van der Waals surface area contributed by atoms with Crippen LogP contribution in [-0.2, 0) is 77.3 Å². The molecule has 0 unspecified atom stereocenters. The fourth-order valence-corrected chi connectivity index (χ4v) is 7.79. The number of methoxy groups -OCH3 is 1. The number of aromatic nitrogens is 3. The van der Waals surface area contributed by atoms with Crippen molar-refractivity contribution in [2.24, 2.45) is 0 Å². The van der Waals surface area contributed by atoms with Crippen molar-refractivity contribution in [3.63, 3.8) is 0 Å². The summed E-state index contributed by atoms with van der Waals surface area (Å²) in [5, 5.41) is 14.5. The molecule has 378 valence electrons. The van der Waals surface area contributed by atoms with Crippen molar-refractivity contribution in [3.8, 4) is 5.75 Å². The Balaban J connectivity index is 1.15. The zero-order chi connectivity index (χ0) is 51.4. The molecule has 7 N–H and O–H groups in total. The molecule has 2 aromatic heterocycles. The van der Waals surface area contributed by atoms with Crippen LogP contribution >= 0.6 is 0 Å². The maximum absolute atomic E-state index is 14.8. The van der Waals surface area contributed by atoms with Crippen LogP contribution in [0.25, 0.3) is 10.9 Å². The van der Waals surface area contributed by atoms with Gasteiger partial charge in [0.15, 0.2) is 0 Å². The lowest BCUT2D eigenvalue weighted by Gasteiger charge is -2.27. The highest BCUT2D eigenvalue weighted by atomic mass is 16.5. The van der Waals surface area contributed by atoms with E-state index < -0.39 is 65.9 Å². The molecule has 0 spiro atoms. The third-order valence-corrected chi connectivity index (χ3v) is 11.7. The molecule has 0 saturated heterocycles. The third-order valence-electron chi connectivity index (χ3n) is 11.7. The first-order valence-electron chi connectivity index (χ1n) is 23.7. The van der Waals surface area contributed by atoms with E-state index in [0.29, 0.717) is 29.2 Å². The first-order chi connectivity index (χ1) is 35.5. The summed E-state index contributed by atoms with van der Waals surface area (Å²) in [6.07, 6.45) is 3.64. The minimum absolute atomic E-state index is 0.0107. The Labute approximate surface area is 422 Å². The molecule has 0 aliphatic heterocycles. The van der Waals surface area contributed by atoms with Crippen molar-refractivity contribution in [1.82, 2.24) is 41.5 Å². The summed E-state index contributed by atoms with van der Waals surface area (Å²) in [6, 6.07) is 35.9. The zero-order valence-corrected chi connectivity index (χ0v) is 40.4. The zero-order valence-electron chi connectivity index (χ0n) is 40.4. The van der Waals surface area contributed by atoms with Crippen LogP contribution in [0.5, 0.6) is 5.75 Å².